The van der Waals surface area contributed by atoms with E-state index in [0.29, 0.717) is 32.2 Å². The second kappa shape index (κ2) is 19.8. The number of Topliss-reactive ketones (excluding diaryl/α,β-unsaturated/α-hetero) is 1. The molecule has 0 aliphatic carbocycles. The first kappa shape index (κ1) is 36.9. The topological polar surface area (TPSA) is 168 Å². The number of amides is 3. The average Bonchev–Trinajstić information content (AvgIpc) is 3.02. The van der Waals surface area contributed by atoms with Gasteiger partial charge in [0.2, 0.25) is 17.7 Å². The maximum absolute atomic E-state index is 13.8. The molecule has 0 aromatic heterocycles. The van der Waals surface area contributed by atoms with Crippen LogP contribution in [-0.2, 0) is 32.0 Å². The molecule has 3 rings (SSSR count). The zero-order valence-corrected chi connectivity index (χ0v) is 27.5. The van der Waals surface area contributed by atoms with E-state index in [2.05, 4.69) is 21.3 Å². The van der Waals surface area contributed by atoms with Gasteiger partial charge in [-0.05, 0) is 88.0 Å². The molecule has 0 saturated carbocycles. The van der Waals surface area contributed by atoms with Crippen molar-refractivity contribution in [1.29, 1.82) is 0 Å². The quantitative estimate of drug-likeness (QED) is 0.155. The molecule has 0 unspecified atom stereocenters. The lowest BCUT2D eigenvalue weighted by molar-refractivity contribution is -0.134. The van der Waals surface area contributed by atoms with E-state index in [4.69, 9.17) is 11.5 Å². The molecule has 2 aromatic rings. The van der Waals surface area contributed by atoms with Crippen LogP contribution in [0.4, 0.5) is 0 Å². The minimum Gasteiger partial charge on any atom is -0.344 e. The molecule has 8 N–H and O–H groups in total. The van der Waals surface area contributed by atoms with Gasteiger partial charge in [0.1, 0.15) is 12.1 Å². The number of carbonyl (C=O) groups is 4. The number of benzene rings is 2. The van der Waals surface area contributed by atoms with Gasteiger partial charge in [0.25, 0.3) is 0 Å². The van der Waals surface area contributed by atoms with Crippen LogP contribution in [-0.4, -0.2) is 67.3 Å². The smallest absolute Gasteiger partial charge is 0.243 e. The molecule has 0 bridgehead atoms. The number of nitrogens with two attached hydrogens (primary N) is 2. The maximum Gasteiger partial charge on any atom is 0.243 e. The van der Waals surface area contributed by atoms with Gasteiger partial charge in [0.05, 0.1) is 12.1 Å². The Balaban J connectivity index is 1.76. The highest BCUT2D eigenvalue weighted by molar-refractivity contribution is 5.95. The Morgan fingerprint density at radius 1 is 0.761 bits per heavy atom. The van der Waals surface area contributed by atoms with E-state index in [1.807, 2.05) is 74.5 Å². The second-order valence-corrected chi connectivity index (χ2v) is 12.9. The lowest BCUT2D eigenvalue weighted by Crippen LogP contribution is -2.58. The van der Waals surface area contributed by atoms with Crippen molar-refractivity contribution in [2.24, 2.45) is 23.3 Å². The van der Waals surface area contributed by atoms with Crippen molar-refractivity contribution in [1.82, 2.24) is 21.3 Å². The summed E-state index contributed by atoms with van der Waals surface area (Å²) >= 11 is 0. The molecule has 0 spiro atoms. The van der Waals surface area contributed by atoms with Crippen molar-refractivity contribution in [2.45, 2.75) is 95.8 Å². The standard InChI is InChI=1S/C36H54N6O4/c1-25(2)22-31(35(45)40-30(18-9-19-37)33(43)28-16-10-20-39-21-11-17-28)42-36(46)32(24-27-14-7-4-8-15-27)41-34(44)29(38)23-26-12-5-3-6-13-26/h3-8,12-15,25,28-32,39H,9-11,16-24,37-38H2,1-2H3,(H,40,45)(H,41,44)(H,42,46)/t29-,30-,31-,32-/m1/s1. The largest absolute Gasteiger partial charge is 0.344 e. The Bertz CT molecular complexity index is 1220. The highest BCUT2D eigenvalue weighted by Gasteiger charge is 2.33. The molecule has 1 saturated heterocycles. The number of rotatable bonds is 17. The lowest BCUT2D eigenvalue weighted by Gasteiger charge is -2.28. The predicted octanol–water partition coefficient (Wildman–Crippen LogP) is 2.39. The zero-order chi connectivity index (χ0) is 33.3. The van der Waals surface area contributed by atoms with Gasteiger partial charge in [-0.1, -0.05) is 74.5 Å². The van der Waals surface area contributed by atoms with Gasteiger partial charge in [0.15, 0.2) is 5.78 Å². The Labute approximate surface area is 274 Å². The van der Waals surface area contributed by atoms with E-state index in [1.165, 1.54) is 0 Å². The van der Waals surface area contributed by atoms with Crippen LogP contribution in [0, 0.1) is 11.8 Å². The normalized spacial score (nSPS) is 16.7. The van der Waals surface area contributed by atoms with E-state index in [-0.39, 0.29) is 24.0 Å². The van der Waals surface area contributed by atoms with Crippen LogP contribution in [0.2, 0.25) is 0 Å². The third-order valence-corrected chi connectivity index (χ3v) is 8.46. The summed E-state index contributed by atoms with van der Waals surface area (Å²) in [5.74, 6) is -1.34. The Hall–Kier alpha value is -3.60. The second-order valence-electron chi connectivity index (χ2n) is 12.9. The third-order valence-electron chi connectivity index (χ3n) is 8.46. The van der Waals surface area contributed by atoms with Gasteiger partial charge in [-0.15, -0.1) is 0 Å². The minimum atomic E-state index is -0.961. The van der Waals surface area contributed by atoms with Crippen LogP contribution in [0.5, 0.6) is 0 Å². The highest BCUT2D eigenvalue weighted by Crippen LogP contribution is 2.20. The third kappa shape index (κ3) is 12.7. The van der Waals surface area contributed by atoms with Crippen molar-refractivity contribution in [3.63, 3.8) is 0 Å². The molecule has 2 aromatic carbocycles. The summed E-state index contributed by atoms with van der Waals surface area (Å²) in [7, 11) is 0. The van der Waals surface area contributed by atoms with E-state index in [9.17, 15) is 19.2 Å². The fourth-order valence-electron chi connectivity index (χ4n) is 5.94. The molecule has 4 atom stereocenters. The molecule has 252 valence electrons. The fourth-order valence-corrected chi connectivity index (χ4v) is 5.94. The number of hydrogen-bond acceptors (Lipinski definition) is 7. The molecule has 10 heteroatoms. The number of carbonyl (C=O) groups excluding carboxylic acids is 4. The van der Waals surface area contributed by atoms with Gasteiger partial charge in [0, 0.05) is 12.3 Å². The van der Waals surface area contributed by atoms with Crippen LogP contribution < -0.4 is 32.7 Å². The molecule has 1 aliphatic rings. The monoisotopic (exact) mass is 634 g/mol. The Morgan fingerprint density at radius 2 is 1.28 bits per heavy atom. The van der Waals surface area contributed by atoms with Gasteiger partial charge in [-0.2, -0.15) is 0 Å². The van der Waals surface area contributed by atoms with Crippen LogP contribution in [0.15, 0.2) is 60.7 Å². The number of ketones is 1. The fraction of sp³-hybridized carbons (Fsp3) is 0.556. The average molecular weight is 635 g/mol. The van der Waals surface area contributed by atoms with E-state index in [0.717, 1.165) is 49.9 Å². The van der Waals surface area contributed by atoms with Crippen molar-refractivity contribution < 1.29 is 19.2 Å². The first-order chi connectivity index (χ1) is 22.2. The van der Waals surface area contributed by atoms with Crippen molar-refractivity contribution >= 4 is 23.5 Å². The Morgan fingerprint density at radius 3 is 1.85 bits per heavy atom. The van der Waals surface area contributed by atoms with E-state index in [1.54, 1.807) is 0 Å². The van der Waals surface area contributed by atoms with Gasteiger partial charge in [-0.25, -0.2) is 0 Å². The predicted molar refractivity (Wildman–Crippen MR) is 182 cm³/mol. The summed E-state index contributed by atoms with van der Waals surface area (Å²) in [5, 5.41) is 12.1. The van der Waals surface area contributed by atoms with Crippen LogP contribution in [0.1, 0.15) is 69.9 Å². The molecule has 1 fully saturated rings. The first-order valence-corrected chi connectivity index (χ1v) is 16.9. The van der Waals surface area contributed by atoms with E-state index < -0.39 is 41.9 Å². The molecule has 10 nitrogen and oxygen atoms in total. The number of hydrogen-bond donors (Lipinski definition) is 6. The molecule has 0 radical (unpaired) electrons. The summed E-state index contributed by atoms with van der Waals surface area (Å²) in [5.41, 5.74) is 13.8. The molecular weight excluding hydrogens is 580 g/mol. The van der Waals surface area contributed by atoms with Crippen molar-refractivity contribution in [2.75, 3.05) is 19.6 Å². The summed E-state index contributed by atoms with van der Waals surface area (Å²) in [4.78, 5) is 54.5. The van der Waals surface area contributed by atoms with E-state index >= 15 is 0 Å². The van der Waals surface area contributed by atoms with Crippen LogP contribution >= 0.6 is 0 Å². The van der Waals surface area contributed by atoms with Crippen molar-refractivity contribution in [3.8, 4) is 0 Å². The van der Waals surface area contributed by atoms with Crippen molar-refractivity contribution in [3.05, 3.63) is 71.8 Å². The Kier molecular flexibility index (Phi) is 15.9. The van der Waals surface area contributed by atoms with Crippen LogP contribution in [0.25, 0.3) is 0 Å². The summed E-state index contributed by atoms with van der Waals surface area (Å²) in [6, 6.07) is 15.5. The lowest BCUT2D eigenvalue weighted by atomic mass is 9.86. The maximum atomic E-state index is 13.8. The summed E-state index contributed by atoms with van der Waals surface area (Å²) in [6.45, 7) is 6.11. The molecule has 1 aliphatic heterocycles. The molecule has 3 amide bonds. The minimum absolute atomic E-state index is 0.0416. The number of nitrogens with one attached hydrogen (secondary N) is 4. The SMILES string of the molecule is CC(C)C[C@@H](NC(=O)[C@@H](Cc1ccccc1)NC(=O)[C@H](N)Cc1ccccc1)C(=O)N[C@H](CCCN)C(=O)C1CCCNCCC1. The van der Waals surface area contributed by atoms with Gasteiger partial charge >= 0.3 is 0 Å². The zero-order valence-electron chi connectivity index (χ0n) is 27.5. The van der Waals surface area contributed by atoms with Gasteiger partial charge in [-0.3, -0.25) is 19.2 Å². The van der Waals surface area contributed by atoms with Crippen LogP contribution in [0.3, 0.4) is 0 Å². The molecule has 46 heavy (non-hydrogen) atoms. The summed E-state index contributed by atoms with van der Waals surface area (Å²) in [6.07, 6.45) is 5.32. The molecular formula is C36H54N6O4. The van der Waals surface area contributed by atoms with Gasteiger partial charge < -0.3 is 32.7 Å². The first-order valence-electron chi connectivity index (χ1n) is 16.9. The summed E-state index contributed by atoms with van der Waals surface area (Å²) < 4.78 is 0. The highest BCUT2D eigenvalue weighted by atomic mass is 16.2. The molecule has 1 heterocycles.